The van der Waals surface area contributed by atoms with Crippen molar-refractivity contribution < 1.29 is 9.31 Å². The molecule has 0 heterocycles. The Morgan fingerprint density at radius 2 is 2.10 bits per heavy atom. The molecule has 0 saturated carbocycles. The molecule has 0 spiro atoms. The smallest absolute Gasteiger partial charge is 0.272 e. The van der Waals surface area contributed by atoms with Gasteiger partial charge in [0.25, 0.3) is 5.69 Å². The third-order valence-corrected chi connectivity index (χ3v) is 3.18. The van der Waals surface area contributed by atoms with Gasteiger partial charge >= 0.3 is 0 Å². The van der Waals surface area contributed by atoms with Crippen LogP contribution in [0.15, 0.2) is 36.4 Å². The van der Waals surface area contributed by atoms with Gasteiger partial charge in [-0.2, -0.15) is 0 Å². The third kappa shape index (κ3) is 3.24. The van der Waals surface area contributed by atoms with Crippen molar-refractivity contribution in [2.75, 3.05) is 5.32 Å². The fourth-order valence-electron chi connectivity index (χ4n) is 1.91. The minimum absolute atomic E-state index is 0.0709. The highest BCUT2D eigenvalue weighted by Crippen LogP contribution is 2.23. The SMILES string of the molecule is Cc1c(CNc2cc(F)cc(Cl)c2)cccc1[N+](=O)[O-]. The highest BCUT2D eigenvalue weighted by molar-refractivity contribution is 6.30. The van der Waals surface area contributed by atoms with Crippen LogP contribution in [0.3, 0.4) is 0 Å². The highest BCUT2D eigenvalue weighted by Gasteiger charge is 2.12. The predicted octanol–water partition coefficient (Wildman–Crippen LogP) is 4.31. The molecule has 0 fully saturated rings. The summed E-state index contributed by atoms with van der Waals surface area (Å²) in [5, 5.41) is 14.2. The van der Waals surface area contributed by atoms with Gasteiger partial charge in [-0.1, -0.05) is 23.7 Å². The maximum atomic E-state index is 13.2. The van der Waals surface area contributed by atoms with E-state index in [-0.39, 0.29) is 5.69 Å². The molecule has 2 aromatic carbocycles. The predicted molar refractivity (Wildman–Crippen MR) is 76.6 cm³/mol. The molecule has 0 unspecified atom stereocenters. The van der Waals surface area contributed by atoms with Gasteiger partial charge in [0, 0.05) is 28.9 Å². The van der Waals surface area contributed by atoms with Gasteiger partial charge in [-0.15, -0.1) is 0 Å². The van der Waals surface area contributed by atoms with Crippen LogP contribution in [-0.4, -0.2) is 4.92 Å². The Balaban J connectivity index is 2.19. The number of nitro groups is 1. The van der Waals surface area contributed by atoms with Crippen LogP contribution in [0.4, 0.5) is 15.8 Å². The third-order valence-electron chi connectivity index (χ3n) is 2.96. The van der Waals surface area contributed by atoms with Gasteiger partial charge in [0.05, 0.1) is 4.92 Å². The molecule has 6 heteroatoms. The van der Waals surface area contributed by atoms with E-state index in [2.05, 4.69) is 5.32 Å². The summed E-state index contributed by atoms with van der Waals surface area (Å²) in [6.07, 6.45) is 0. The van der Waals surface area contributed by atoms with Gasteiger partial charge in [-0.05, 0) is 30.7 Å². The Labute approximate surface area is 120 Å². The number of nitrogens with one attached hydrogen (secondary N) is 1. The van der Waals surface area contributed by atoms with Crippen molar-refractivity contribution >= 4 is 23.0 Å². The van der Waals surface area contributed by atoms with Gasteiger partial charge in [-0.25, -0.2) is 4.39 Å². The van der Waals surface area contributed by atoms with Crippen LogP contribution in [0.1, 0.15) is 11.1 Å². The van der Waals surface area contributed by atoms with E-state index in [9.17, 15) is 14.5 Å². The van der Waals surface area contributed by atoms with Crippen LogP contribution >= 0.6 is 11.6 Å². The first kappa shape index (κ1) is 14.3. The van der Waals surface area contributed by atoms with Crippen molar-refractivity contribution in [3.8, 4) is 0 Å². The summed E-state index contributed by atoms with van der Waals surface area (Å²) in [5.74, 6) is -0.434. The summed E-state index contributed by atoms with van der Waals surface area (Å²) in [7, 11) is 0. The molecular weight excluding hydrogens is 283 g/mol. The lowest BCUT2D eigenvalue weighted by Gasteiger charge is -2.09. The molecule has 1 N–H and O–H groups in total. The fraction of sp³-hybridized carbons (Fsp3) is 0.143. The molecular formula is C14H12ClFN2O2. The van der Waals surface area contributed by atoms with Crippen LogP contribution in [0.2, 0.25) is 5.02 Å². The minimum atomic E-state index is -0.434. The first-order valence-electron chi connectivity index (χ1n) is 5.90. The van der Waals surface area contributed by atoms with Crippen molar-refractivity contribution in [1.29, 1.82) is 0 Å². The fourth-order valence-corrected chi connectivity index (χ4v) is 2.13. The molecule has 0 atom stereocenters. The topological polar surface area (TPSA) is 55.2 Å². The molecule has 20 heavy (non-hydrogen) atoms. The summed E-state index contributed by atoms with van der Waals surface area (Å²) in [4.78, 5) is 10.4. The Kier molecular flexibility index (Phi) is 4.20. The lowest BCUT2D eigenvalue weighted by atomic mass is 10.1. The number of hydrogen-bond acceptors (Lipinski definition) is 3. The second-order valence-corrected chi connectivity index (χ2v) is 4.77. The number of hydrogen-bond donors (Lipinski definition) is 1. The van der Waals surface area contributed by atoms with E-state index >= 15 is 0 Å². The minimum Gasteiger partial charge on any atom is -0.381 e. The normalized spacial score (nSPS) is 10.3. The number of halogens is 2. The number of benzene rings is 2. The Hall–Kier alpha value is -2.14. The maximum Gasteiger partial charge on any atom is 0.272 e. The first-order valence-corrected chi connectivity index (χ1v) is 6.28. The molecule has 0 bridgehead atoms. The Bertz CT molecular complexity index is 641. The van der Waals surface area contributed by atoms with E-state index in [0.29, 0.717) is 22.8 Å². The highest BCUT2D eigenvalue weighted by atomic mass is 35.5. The Morgan fingerprint density at radius 1 is 1.35 bits per heavy atom. The van der Waals surface area contributed by atoms with E-state index in [1.54, 1.807) is 25.1 Å². The average molecular weight is 295 g/mol. The van der Waals surface area contributed by atoms with E-state index in [1.807, 2.05) is 0 Å². The summed E-state index contributed by atoms with van der Waals surface area (Å²) in [6.45, 7) is 2.04. The monoisotopic (exact) mass is 294 g/mol. The van der Waals surface area contributed by atoms with E-state index in [4.69, 9.17) is 11.6 Å². The van der Waals surface area contributed by atoms with Gasteiger partial charge in [0.1, 0.15) is 5.82 Å². The number of nitro benzene ring substituents is 1. The summed E-state index contributed by atoms with van der Waals surface area (Å²) in [5.41, 5.74) is 1.97. The van der Waals surface area contributed by atoms with Gasteiger partial charge in [0.15, 0.2) is 0 Å². The second-order valence-electron chi connectivity index (χ2n) is 4.33. The molecule has 0 aliphatic heterocycles. The molecule has 2 rings (SSSR count). The van der Waals surface area contributed by atoms with Crippen LogP contribution < -0.4 is 5.32 Å². The van der Waals surface area contributed by atoms with Crippen LogP contribution in [0.25, 0.3) is 0 Å². The molecule has 0 saturated heterocycles. The largest absolute Gasteiger partial charge is 0.381 e. The summed E-state index contributed by atoms with van der Waals surface area (Å²) in [6, 6.07) is 9.00. The second kappa shape index (κ2) is 5.88. The standard InChI is InChI=1S/C14H12ClFN2O2/c1-9-10(3-2-4-14(9)18(19)20)8-17-13-6-11(15)5-12(16)7-13/h2-7,17H,8H2,1H3. The quantitative estimate of drug-likeness (QED) is 0.675. The number of rotatable bonds is 4. The molecule has 0 radical (unpaired) electrons. The average Bonchev–Trinajstić information content (AvgIpc) is 2.36. The van der Waals surface area contributed by atoms with Crippen LogP contribution in [-0.2, 0) is 6.54 Å². The molecule has 0 aliphatic carbocycles. The summed E-state index contributed by atoms with van der Waals surface area (Å²) < 4.78 is 13.2. The zero-order valence-electron chi connectivity index (χ0n) is 10.7. The van der Waals surface area contributed by atoms with E-state index in [1.165, 1.54) is 18.2 Å². The molecule has 2 aromatic rings. The Morgan fingerprint density at radius 3 is 2.75 bits per heavy atom. The molecule has 104 valence electrons. The number of anilines is 1. The number of nitrogens with zero attached hydrogens (tertiary/aromatic N) is 1. The lowest BCUT2D eigenvalue weighted by molar-refractivity contribution is -0.385. The van der Waals surface area contributed by atoms with Crippen molar-refractivity contribution in [3.63, 3.8) is 0 Å². The van der Waals surface area contributed by atoms with E-state index < -0.39 is 10.7 Å². The molecule has 0 aromatic heterocycles. The van der Waals surface area contributed by atoms with Gasteiger partial charge in [-0.3, -0.25) is 10.1 Å². The summed E-state index contributed by atoms with van der Waals surface area (Å²) >= 11 is 5.76. The zero-order chi connectivity index (χ0) is 14.7. The van der Waals surface area contributed by atoms with Crippen molar-refractivity contribution in [2.45, 2.75) is 13.5 Å². The molecule has 0 aliphatic rings. The van der Waals surface area contributed by atoms with Crippen molar-refractivity contribution in [2.24, 2.45) is 0 Å². The van der Waals surface area contributed by atoms with Crippen LogP contribution in [0, 0.1) is 22.9 Å². The molecule has 0 amide bonds. The lowest BCUT2D eigenvalue weighted by Crippen LogP contribution is -2.03. The van der Waals surface area contributed by atoms with Crippen LogP contribution in [0.5, 0.6) is 0 Å². The van der Waals surface area contributed by atoms with Gasteiger partial charge < -0.3 is 5.32 Å². The molecule has 4 nitrogen and oxygen atoms in total. The zero-order valence-corrected chi connectivity index (χ0v) is 11.4. The van der Waals surface area contributed by atoms with Gasteiger partial charge in [0.2, 0.25) is 0 Å². The maximum absolute atomic E-state index is 13.2. The van der Waals surface area contributed by atoms with Crippen molar-refractivity contribution in [1.82, 2.24) is 0 Å². The first-order chi connectivity index (χ1) is 9.47. The van der Waals surface area contributed by atoms with Crippen molar-refractivity contribution in [3.05, 3.63) is 68.5 Å². The van der Waals surface area contributed by atoms with E-state index in [0.717, 1.165) is 5.56 Å².